The lowest BCUT2D eigenvalue weighted by molar-refractivity contribution is 0.460. The van der Waals surface area contributed by atoms with Crippen LogP contribution in [0.25, 0.3) is 16.7 Å². The maximum atomic E-state index is 14.2. The van der Waals surface area contributed by atoms with Gasteiger partial charge in [-0.05, 0) is 40.9 Å². The van der Waals surface area contributed by atoms with Gasteiger partial charge in [-0.25, -0.2) is 9.37 Å². The van der Waals surface area contributed by atoms with E-state index in [-0.39, 0.29) is 10.5 Å². The van der Waals surface area contributed by atoms with Crippen LogP contribution in [0, 0.1) is 5.82 Å². The molecule has 2 unspecified atom stereocenters. The third-order valence-electron chi connectivity index (χ3n) is 5.82. The molecule has 9 nitrogen and oxygen atoms in total. The normalized spacial score (nSPS) is 20.8. The van der Waals surface area contributed by atoms with E-state index < -0.39 is 5.82 Å². The molecule has 0 aliphatic carbocycles. The Balaban J connectivity index is 1.32. The van der Waals surface area contributed by atoms with Crippen LogP contribution in [-0.2, 0) is 6.54 Å². The van der Waals surface area contributed by atoms with Crippen LogP contribution in [0.4, 0.5) is 16.3 Å². The number of nitrogens with one attached hydrogen (secondary N) is 3. The number of anilines is 2. The average molecular weight is 507 g/mol. The smallest absolute Gasteiger partial charge is 0.230 e. The van der Waals surface area contributed by atoms with Crippen LogP contribution in [0.1, 0.15) is 18.7 Å². The molecule has 2 fully saturated rings. The summed E-state index contributed by atoms with van der Waals surface area (Å²) in [4.78, 5) is 19.2. The number of rotatable bonds is 4. The predicted molar refractivity (Wildman–Crippen MR) is 119 cm³/mol. The zero-order valence-electron chi connectivity index (χ0n) is 16.2. The summed E-state index contributed by atoms with van der Waals surface area (Å²) in [5.41, 5.74) is 1.49. The summed E-state index contributed by atoms with van der Waals surface area (Å²) >= 11 is 9.39. The van der Waals surface area contributed by atoms with Gasteiger partial charge in [0.1, 0.15) is 11.3 Å². The Hall–Kier alpha value is -2.50. The van der Waals surface area contributed by atoms with Gasteiger partial charge >= 0.3 is 0 Å². The van der Waals surface area contributed by atoms with E-state index in [2.05, 4.69) is 46.5 Å². The van der Waals surface area contributed by atoms with Crippen molar-refractivity contribution in [2.75, 3.05) is 23.3 Å². The van der Waals surface area contributed by atoms with Crippen LogP contribution in [0.5, 0.6) is 0 Å². The summed E-state index contributed by atoms with van der Waals surface area (Å²) in [7, 11) is 0. The van der Waals surface area contributed by atoms with Gasteiger partial charge < -0.3 is 20.5 Å². The van der Waals surface area contributed by atoms with Gasteiger partial charge in [-0.2, -0.15) is 19.6 Å². The number of hydrogen-bond donors (Lipinski definition) is 3. The Labute approximate surface area is 189 Å². The van der Waals surface area contributed by atoms with E-state index in [4.69, 9.17) is 21.6 Å². The van der Waals surface area contributed by atoms with Crippen molar-refractivity contribution < 1.29 is 4.39 Å². The van der Waals surface area contributed by atoms with Gasteiger partial charge in [0.15, 0.2) is 11.5 Å². The lowest BCUT2D eigenvalue weighted by Gasteiger charge is -2.33. The Kier molecular flexibility index (Phi) is 4.51. The Morgan fingerprint density at radius 3 is 2.81 bits per heavy atom. The fourth-order valence-corrected chi connectivity index (χ4v) is 4.87. The first-order valence-electron chi connectivity index (χ1n) is 10.0. The van der Waals surface area contributed by atoms with Crippen molar-refractivity contribution in [2.45, 2.75) is 31.5 Å². The molecule has 2 saturated heterocycles. The van der Waals surface area contributed by atoms with Crippen molar-refractivity contribution in [1.82, 2.24) is 34.9 Å². The van der Waals surface area contributed by atoms with E-state index in [0.29, 0.717) is 47.5 Å². The van der Waals surface area contributed by atoms with Crippen LogP contribution in [0.15, 0.2) is 22.8 Å². The van der Waals surface area contributed by atoms with Gasteiger partial charge in [-0.1, -0.05) is 11.6 Å². The zero-order valence-corrected chi connectivity index (χ0v) is 18.6. The third kappa shape index (κ3) is 3.31. The minimum absolute atomic E-state index is 0.0482. The number of hydrogen-bond acceptors (Lipinski definition) is 7. The molecule has 6 rings (SSSR count). The van der Waals surface area contributed by atoms with Crippen molar-refractivity contribution >= 4 is 56.1 Å². The second-order valence-electron chi connectivity index (χ2n) is 7.91. The van der Waals surface area contributed by atoms with Gasteiger partial charge in [0.05, 0.1) is 27.8 Å². The molecule has 5 heterocycles. The second kappa shape index (κ2) is 7.28. The van der Waals surface area contributed by atoms with Crippen molar-refractivity contribution in [3.63, 3.8) is 0 Å². The van der Waals surface area contributed by atoms with Crippen molar-refractivity contribution in [1.29, 1.82) is 0 Å². The highest BCUT2D eigenvalue weighted by molar-refractivity contribution is 9.10. The van der Waals surface area contributed by atoms with Crippen LogP contribution in [0.3, 0.4) is 0 Å². The fraction of sp³-hybridized carbons (Fsp3) is 0.368. The predicted octanol–water partition coefficient (Wildman–Crippen LogP) is 3.11. The summed E-state index contributed by atoms with van der Waals surface area (Å²) in [6.45, 7) is 2.06. The molecule has 0 amide bonds. The summed E-state index contributed by atoms with van der Waals surface area (Å²) in [6.07, 6.45) is 4.05. The molecule has 2 bridgehead atoms. The molecular weight excluding hydrogens is 489 g/mol. The summed E-state index contributed by atoms with van der Waals surface area (Å²) in [6, 6.07) is 4.17. The molecule has 31 heavy (non-hydrogen) atoms. The van der Waals surface area contributed by atoms with Crippen LogP contribution in [0.2, 0.25) is 5.02 Å². The summed E-state index contributed by atoms with van der Waals surface area (Å²) < 4.78 is 16.7. The van der Waals surface area contributed by atoms with Crippen LogP contribution >= 0.6 is 27.5 Å². The zero-order chi connectivity index (χ0) is 21.1. The van der Waals surface area contributed by atoms with Gasteiger partial charge in [0.25, 0.3) is 0 Å². The number of nitrogens with zero attached hydrogens (tertiary/aromatic N) is 6. The highest BCUT2D eigenvalue weighted by Crippen LogP contribution is 2.27. The number of aromatic nitrogens is 6. The molecule has 0 spiro atoms. The molecule has 3 N–H and O–H groups in total. The van der Waals surface area contributed by atoms with Crippen LogP contribution in [-0.4, -0.2) is 54.7 Å². The quantitative estimate of drug-likeness (QED) is 0.391. The highest BCUT2D eigenvalue weighted by atomic mass is 79.9. The topological polar surface area (TPSA) is 99.1 Å². The van der Waals surface area contributed by atoms with Crippen molar-refractivity contribution in [3.05, 3.63) is 39.5 Å². The fourth-order valence-electron chi connectivity index (χ4n) is 4.37. The molecule has 2 atom stereocenters. The Morgan fingerprint density at radius 1 is 1.19 bits per heavy atom. The Morgan fingerprint density at radius 2 is 2.00 bits per heavy atom. The molecule has 160 valence electrons. The number of piperazine rings is 1. The molecule has 2 aliphatic rings. The number of benzene rings is 1. The SMILES string of the molecule is Fc1c(Cl)ccc2[nH]c(CNc3nc(N4CC5CCC(C4)N5)nc4c(Br)cnn34)nc12. The maximum Gasteiger partial charge on any atom is 0.230 e. The van der Waals surface area contributed by atoms with Gasteiger partial charge in [-0.3, -0.25) is 0 Å². The Bertz CT molecular complexity index is 1290. The standard InChI is InChI=1S/C19H18BrClFN9/c20-11-5-24-31-17(11)28-19(30-7-9-1-2-10(8-30)25-9)29-18(31)23-6-14-26-13-4-3-12(21)15(22)16(13)27-14/h3-5,9-10,25H,1-2,6-8H2,(H,26,27)(H,23,28,29). The first kappa shape index (κ1) is 19.2. The van der Waals surface area contributed by atoms with E-state index in [9.17, 15) is 4.39 Å². The summed E-state index contributed by atoms with van der Waals surface area (Å²) in [5.74, 6) is 1.24. The molecule has 0 saturated carbocycles. The molecule has 12 heteroatoms. The highest BCUT2D eigenvalue weighted by Gasteiger charge is 2.33. The lowest BCUT2D eigenvalue weighted by Crippen LogP contribution is -2.51. The van der Waals surface area contributed by atoms with E-state index in [1.54, 1.807) is 16.8 Å². The third-order valence-corrected chi connectivity index (χ3v) is 6.67. The lowest BCUT2D eigenvalue weighted by atomic mass is 10.2. The minimum atomic E-state index is -0.530. The largest absolute Gasteiger partial charge is 0.347 e. The number of H-pyrrole nitrogens is 1. The average Bonchev–Trinajstić information content (AvgIpc) is 3.46. The molecule has 1 aromatic carbocycles. The molecule has 3 aromatic heterocycles. The minimum Gasteiger partial charge on any atom is -0.347 e. The van der Waals surface area contributed by atoms with E-state index in [1.807, 2.05) is 0 Å². The number of aromatic amines is 1. The first-order valence-corrected chi connectivity index (χ1v) is 11.2. The molecule has 0 radical (unpaired) electrons. The number of halogens is 3. The van der Waals surface area contributed by atoms with E-state index in [0.717, 1.165) is 17.6 Å². The maximum absolute atomic E-state index is 14.2. The van der Waals surface area contributed by atoms with Gasteiger partial charge in [0, 0.05) is 25.2 Å². The van der Waals surface area contributed by atoms with Crippen molar-refractivity contribution in [2.24, 2.45) is 0 Å². The van der Waals surface area contributed by atoms with Gasteiger partial charge in [-0.15, -0.1) is 0 Å². The molecular formula is C19H18BrClFN9. The molecule has 4 aromatic rings. The van der Waals surface area contributed by atoms with Crippen molar-refractivity contribution in [3.8, 4) is 0 Å². The monoisotopic (exact) mass is 505 g/mol. The number of fused-ring (bicyclic) bond motifs is 4. The summed E-state index contributed by atoms with van der Waals surface area (Å²) in [5, 5.41) is 11.3. The first-order chi connectivity index (χ1) is 15.0. The van der Waals surface area contributed by atoms with E-state index in [1.165, 1.54) is 18.9 Å². The number of imidazole rings is 1. The van der Waals surface area contributed by atoms with E-state index >= 15 is 0 Å². The van der Waals surface area contributed by atoms with Crippen LogP contribution < -0.4 is 15.5 Å². The molecule has 2 aliphatic heterocycles. The second-order valence-corrected chi connectivity index (χ2v) is 9.17. The van der Waals surface area contributed by atoms with Gasteiger partial charge in [0.2, 0.25) is 11.9 Å².